The molecule has 0 aliphatic rings. The number of anilines is 2. The van der Waals surface area contributed by atoms with Crippen LogP contribution in [0.2, 0.25) is 0 Å². The maximum absolute atomic E-state index is 12.6. The minimum atomic E-state index is -0.556. The summed E-state index contributed by atoms with van der Waals surface area (Å²) in [7, 11) is 0. The van der Waals surface area contributed by atoms with Crippen LogP contribution in [0.15, 0.2) is 48.5 Å². The van der Waals surface area contributed by atoms with Crippen molar-refractivity contribution in [2.24, 2.45) is 5.41 Å². The van der Waals surface area contributed by atoms with E-state index in [1.54, 1.807) is 57.2 Å². The third-order valence-electron chi connectivity index (χ3n) is 4.03. The number of nitro groups is 1. The molecule has 0 spiro atoms. The quantitative estimate of drug-likeness (QED) is 0.462. The first-order chi connectivity index (χ1) is 14.1. The van der Waals surface area contributed by atoms with E-state index in [2.05, 4.69) is 20.8 Å². The molecule has 0 atom stereocenters. The Bertz CT molecular complexity index is 1100. The maximum atomic E-state index is 12.6. The minimum absolute atomic E-state index is 0.0183. The monoisotopic (exact) mass is 425 g/mol. The van der Waals surface area contributed by atoms with Crippen molar-refractivity contribution in [2.45, 2.75) is 20.8 Å². The zero-order valence-electron chi connectivity index (χ0n) is 16.5. The fraction of sp³-hybridized carbons (Fsp3) is 0.200. The van der Waals surface area contributed by atoms with Gasteiger partial charge < -0.3 is 5.32 Å². The Morgan fingerprint density at radius 2 is 1.73 bits per heavy atom. The lowest BCUT2D eigenvalue weighted by molar-refractivity contribution is -0.384. The van der Waals surface area contributed by atoms with E-state index < -0.39 is 16.2 Å². The summed E-state index contributed by atoms with van der Waals surface area (Å²) in [6.07, 6.45) is 0. The number of nitrogens with one attached hydrogen (secondary N) is 2. The second-order valence-electron chi connectivity index (χ2n) is 7.46. The number of amides is 2. The van der Waals surface area contributed by atoms with E-state index in [4.69, 9.17) is 0 Å². The molecule has 0 saturated carbocycles. The fourth-order valence-electron chi connectivity index (χ4n) is 2.34. The molecule has 3 aromatic rings. The Balaban J connectivity index is 1.70. The van der Waals surface area contributed by atoms with Crippen LogP contribution >= 0.6 is 11.3 Å². The van der Waals surface area contributed by atoms with Gasteiger partial charge in [0.05, 0.1) is 4.92 Å². The summed E-state index contributed by atoms with van der Waals surface area (Å²) in [5, 5.41) is 25.0. The summed E-state index contributed by atoms with van der Waals surface area (Å²) in [6, 6.07) is 12.5. The van der Waals surface area contributed by atoms with Gasteiger partial charge in [-0.2, -0.15) is 0 Å². The number of rotatable bonds is 5. The number of aromatic nitrogens is 2. The van der Waals surface area contributed by atoms with Gasteiger partial charge in [-0.15, -0.1) is 10.2 Å². The molecule has 2 aromatic carbocycles. The largest absolute Gasteiger partial charge is 0.326 e. The van der Waals surface area contributed by atoms with Crippen molar-refractivity contribution in [1.82, 2.24) is 10.2 Å². The average molecular weight is 425 g/mol. The van der Waals surface area contributed by atoms with Gasteiger partial charge >= 0.3 is 0 Å². The highest BCUT2D eigenvalue weighted by molar-refractivity contribution is 7.18. The molecule has 2 N–H and O–H groups in total. The van der Waals surface area contributed by atoms with Crippen molar-refractivity contribution < 1.29 is 14.5 Å². The average Bonchev–Trinajstić information content (AvgIpc) is 3.16. The predicted molar refractivity (Wildman–Crippen MR) is 114 cm³/mol. The van der Waals surface area contributed by atoms with E-state index in [0.29, 0.717) is 21.8 Å². The van der Waals surface area contributed by atoms with Gasteiger partial charge in [0.1, 0.15) is 5.01 Å². The van der Waals surface area contributed by atoms with Crippen LogP contribution in [0.3, 0.4) is 0 Å². The number of carbonyl (C=O) groups is 2. The first-order valence-electron chi connectivity index (χ1n) is 8.95. The summed E-state index contributed by atoms with van der Waals surface area (Å²) in [5.41, 5.74) is 0.958. The number of hydrogen-bond donors (Lipinski definition) is 2. The molecule has 0 aliphatic heterocycles. The first kappa shape index (κ1) is 21.1. The standard InChI is InChI=1S/C20H19N5O4S/c1-20(2,3)18(27)21-14-6-4-5-13(11-14)16(26)22-19-24-23-17(30-19)12-7-9-15(10-8-12)25(28)29/h4-11H,1-3H3,(H,21,27)(H,22,24,26). The van der Waals surface area contributed by atoms with Crippen molar-refractivity contribution in [1.29, 1.82) is 0 Å². The van der Waals surface area contributed by atoms with Crippen LogP contribution in [0.5, 0.6) is 0 Å². The second kappa shape index (κ2) is 8.37. The molecule has 1 aromatic heterocycles. The normalized spacial score (nSPS) is 11.0. The predicted octanol–water partition coefficient (Wildman–Crippen LogP) is 4.35. The number of nitrogens with zero attached hydrogens (tertiary/aromatic N) is 3. The van der Waals surface area contributed by atoms with Gasteiger partial charge in [0.2, 0.25) is 11.0 Å². The van der Waals surface area contributed by atoms with Crippen LogP contribution in [0.25, 0.3) is 10.6 Å². The minimum Gasteiger partial charge on any atom is -0.326 e. The van der Waals surface area contributed by atoms with Gasteiger partial charge in [0.25, 0.3) is 11.6 Å². The number of carbonyl (C=O) groups excluding carboxylic acids is 2. The highest BCUT2D eigenvalue weighted by Gasteiger charge is 2.21. The molecule has 0 saturated heterocycles. The van der Waals surface area contributed by atoms with Gasteiger partial charge in [-0.25, -0.2) is 0 Å². The van der Waals surface area contributed by atoms with Gasteiger partial charge in [-0.3, -0.25) is 25.0 Å². The Morgan fingerprint density at radius 1 is 1.03 bits per heavy atom. The SMILES string of the molecule is CC(C)(C)C(=O)Nc1cccc(C(=O)Nc2nnc(-c3ccc([N+](=O)[O-])cc3)s2)c1. The highest BCUT2D eigenvalue weighted by Crippen LogP contribution is 2.28. The Kier molecular flexibility index (Phi) is 5.88. The molecule has 0 radical (unpaired) electrons. The highest BCUT2D eigenvalue weighted by atomic mass is 32.1. The zero-order valence-corrected chi connectivity index (χ0v) is 17.3. The number of benzene rings is 2. The van der Waals surface area contributed by atoms with Crippen LogP contribution in [0.1, 0.15) is 31.1 Å². The van der Waals surface area contributed by atoms with Crippen molar-refractivity contribution in [3.05, 3.63) is 64.2 Å². The fourth-order valence-corrected chi connectivity index (χ4v) is 3.09. The molecular weight excluding hydrogens is 406 g/mol. The molecular formula is C20H19N5O4S. The summed E-state index contributed by atoms with van der Waals surface area (Å²) < 4.78 is 0. The lowest BCUT2D eigenvalue weighted by Crippen LogP contribution is -2.27. The van der Waals surface area contributed by atoms with E-state index in [1.807, 2.05) is 0 Å². The number of nitro benzene ring substituents is 1. The maximum Gasteiger partial charge on any atom is 0.269 e. The molecule has 3 rings (SSSR count). The van der Waals surface area contributed by atoms with Gasteiger partial charge in [-0.05, 0) is 30.3 Å². The van der Waals surface area contributed by atoms with Crippen molar-refractivity contribution in [3.8, 4) is 10.6 Å². The molecule has 0 aliphatic carbocycles. The molecule has 0 unspecified atom stereocenters. The van der Waals surface area contributed by atoms with E-state index in [-0.39, 0.29) is 16.7 Å². The van der Waals surface area contributed by atoms with Crippen molar-refractivity contribution in [2.75, 3.05) is 10.6 Å². The second-order valence-corrected chi connectivity index (χ2v) is 8.43. The molecule has 0 bridgehead atoms. The topological polar surface area (TPSA) is 127 Å². The molecule has 1 heterocycles. The van der Waals surface area contributed by atoms with Crippen LogP contribution in [-0.2, 0) is 4.79 Å². The third-order valence-corrected chi connectivity index (χ3v) is 4.92. The number of hydrogen-bond acceptors (Lipinski definition) is 7. The van der Waals surface area contributed by atoms with Gasteiger partial charge in [0, 0.05) is 34.4 Å². The lowest BCUT2D eigenvalue weighted by Gasteiger charge is -2.17. The van der Waals surface area contributed by atoms with E-state index in [1.165, 1.54) is 12.1 Å². The molecule has 2 amide bonds. The van der Waals surface area contributed by atoms with Gasteiger partial charge in [0.15, 0.2) is 0 Å². The molecule has 10 heteroatoms. The molecule has 30 heavy (non-hydrogen) atoms. The number of non-ortho nitro benzene ring substituents is 1. The summed E-state index contributed by atoms with van der Waals surface area (Å²) in [6.45, 7) is 5.41. The summed E-state index contributed by atoms with van der Waals surface area (Å²) in [5.74, 6) is -0.551. The van der Waals surface area contributed by atoms with Crippen LogP contribution in [0.4, 0.5) is 16.5 Å². The lowest BCUT2D eigenvalue weighted by atomic mass is 9.95. The molecule has 9 nitrogen and oxygen atoms in total. The Labute approximate surface area is 176 Å². The van der Waals surface area contributed by atoms with E-state index >= 15 is 0 Å². The molecule has 0 fully saturated rings. The Morgan fingerprint density at radius 3 is 2.37 bits per heavy atom. The van der Waals surface area contributed by atoms with E-state index in [0.717, 1.165) is 11.3 Å². The summed E-state index contributed by atoms with van der Waals surface area (Å²) >= 11 is 1.15. The van der Waals surface area contributed by atoms with Crippen molar-refractivity contribution in [3.63, 3.8) is 0 Å². The van der Waals surface area contributed by atoms with Crippen LogP contribution in [-0.4, -0.2) is 26.9 Å². The Hall–Kier alpha value is -3.66. The van der Waals surface area contributed by atoms with Crippen LogP contribution < -0.4 is 10.6 Å². The summed E-state index contributed by atoms with van der Waals surface area (Å²) in [4.78, 5) is 35.0. The third kappa shape index (κ3) is 5.03. The van der Waals surface area contributed by atoms with E-state index in [9.17, 15) is 19.7 Å². The zero-order chi connectivity index (χ0) is 21.9. The molecule has 154 valence electrons. The van der Waals surface area contributed by atoms with Crippen molar-refractivity contribution >= 4 is 39.7 Å². The first-order valence-corrected chi connectivity index (χ1v) is 9.76. The smallest absolute Gasteiger partial charge is 0.269 e. The van der Waals surface area contributed by atoms with Gasteiger partial charge in [-0.1, -0.05) is 38.2 Å². The van der Waals surface area contributed by atoms with Crippen LogP contribution in [0, 0.1) is 15.5 Å².